The summed E-state index contributed by atoms with van der Waals surface area (Å²) in [6.07, 6.45) is 5.06. The second-order valence-corrected chi connectivity index (χ2v) is 7.69. The second-order valence-electron chi connectivity index (χ2n) is 7.69. The molecular formula is C15H29NO. The maximum Gasteiger partial charge on any atom is 0.0678 e. The predicted molar refractivity (Wildman–Crippen MR) is 72.2 cm³/mol. The molecule has 2 fully saturated rings. The normalized spacial score (nSPS) is 33.7. The van der Waals surface area contributed by atoms with E-state index in [0.717, 1.165) is 13.1 Å². The molecule has 0 N–H and O–H groups in total. The van der Waals surface area contributed by atoms with Crippen LogP contribution in [0.15, 0.2) is 0 Å². The number of morpholine rings is 1. The Bertz CT molecular complexity index is 255. The zero-order valence-corrected chi connectivity index (χ0v) is 12.3. The number of hydrogen-bond donors (Lipinski definition) is 0. The fourth-order valence-corrected chi connectivity index (χ4v) is 3.58. The first-order chi connectivity index (χ1) is 7.78. The largest absolute Gasteiger partial charge is 0.373 e. The van der Waals surface area contributed by atoms with Gasteiger partial charge in [-0.2, -0.15) is 0 Å². The van der Waals surface area contributed by atoms with Gasteiger partial charge in [-0.05, 0) is 43.9 Å². The smallest absolute Gasteiger partial charge is 0.0678 e. The van der Waals surface area contributed by atoms with Crippen LogP contribution in [0.4, 0.5) is 0 Å². The van der Waals surface area contributed by atoms with E-state index in [4.69, 9.17) is 4.74 Å². The maximum atomic E-state index is 5.81. The first-order valence-corrected chi connectivity index (χ1v) is 7.16. The van der Waals surface area contributed by atoms with Crippen molar-refractivity contribution < 1.29 is 4.74 Å². The molecule has 2 atom stereocenters. The van der Waals surface area contributed by atoms with E-state index in [1.54, 1.807) is 0 Å². The molecule has 0 aromatic rings. The Labute approximate surface area is 107 Å². The lowest BCUT2D eigenvalue weighted by molar-refractivity contribution is -0.0738. The molecule has 0 spiro atoms. The van der Waals surface area contributed by atoms with Crippen molar-refractivity contribution in [1.82, 2.24) is 4.90 Å². The van der Waals surface area contributed by atoms with Gasteiger partial charge in [0, 0.05) is 19.6 Å². The fourth-order valence-electron chi connectivity index (χ4n) is 3.58. The number of nitrogens with zero attached hydrogens (tertiary/aromatic N) is 1. The summed E-state index contributed by atoms with van der Waals surface area (Å²) in [4.78, 5) is 2.64. The SMILES string of the molecule is C[C@H]1CN(CC2(CC(C)(C)C)CC2)C[C@H](C)O1. The van der Waals surface area contributed by atoms with Gasteiger partial charge in [0.1, 0.15) is 0 Å². The third-order valence-corrected chi connectivity index (χ3v) is 3.92. The molecule has 1 saturated carbocycles. The average Bonchev–Trinajstić information content (AvgIpc) is 2.78. The summed E-state index contributed by atoms with van der Waals surface area (Å²) in [6, 6.07) is 0. The predicted octanol–water partition coefficient (Wildman–Crippen LogP) is 3.31. The Morgan fingerprint density at radius 2 is 1.65 bits per heavy atom. The molecular weight excluding hydrogens is 210 g/mol. The summed E-state index contributed by atoms with van der Waals surface area (Å²) >= 11 is 0. The van der Waals surface area contributed by atoms with E-state index in [-0.39, 0.29) is 0 Å². The molecule has 0 amide bonds. The highest BCUT2D eigenvalue weighted by atomic mass is 16.5. The third-order valence-electron chi connectivity index (χ3n) is 3.92. The zero-order chi connectivity index (χ0) is 12.7. The van der Waals surface area contributed by atoms with E-state index in [9.17, 15) is 0 Å². The van der Waals surface area contributed by atoms with Crippen molar-refractivity contribution in [2.24, 2.45) is 10.8 Å². The molecule has 0 bridgehead atoms. The van der Waals surface area contributed by atoms with Crippen molar-refractivity contribution in [1.29, 1.82) is 0 Å². The molecule has 1 heterocycles. The van der Waals surface area contributed by atoms with Gasteiger partial charge < -0.3 is 4.74 Å². The van der Waals surface area contributed by atoms with Crippen molar-refractivity contribution in [3.8, 4) is 0 Å². The monoisotopic (exact) mass is 239 g/mol. The molecule has 1 aliphatic heterocycles. The highest BCUT2D eigenvalue weighted by Crippen LogP contribution is 2.53. The zero-order valence-electron chi connectivity index (χ0n) is 12.3. The highest BCUT2D eigenvalue weighted by molar-refractivity contribution is 4.98. The van der Waals surface area contributed by atoms with Gasteiger partial charge in [0.05, 0.1) is 12.2 Å². The summed E-state index contributed by atoms with van der Waals surface area (Å²) in [6.45, 7) is 15.1. The van der Waals surface area contributed by atoms with E-state index in [0.29, 0.717) is 23.0 Å². The van der Waals surface area contributed by atoms with E-state index in [2.05, 4.69) is 39.5 Å². The number of ether oxygens (including phenoxy) is 1. The molecule has 1 saturated heterocycles. The highest BCUT2D eigenvalue weighted by Gasteiger charge is 2.46. The van der Waals surface area contributed by atoms with Crippen LogP contribution in [0.2, 0.25) is 0 Å². The first kappa shape index (κ1) is 13.4. The van der Waals surface area contributed by atoms with Gasteiger partial charge in [0.2, 0.25) is 0 Å². The third kappa shape index (κ3) is 3.96. The van der Waals surface area contributed by atoms with Crippen LogP contribution in [0.3, 0.4) is 0 Å². The lowest BCUT2D eigenvalue weighted by Gasteiger charge is -2.38. The van der Waals surface area contributed by atoms with Crippen LogP contribution in [0.25, 0.3) is 0 Å². The topological polar surface area (TPSA) is 12.5 Å². The molecule has 100 valence electrons. The standard InChI is InChI=1S/C15H29NO/c1-12-8-16(9-13(2)17-12)11-15(6-7-15)10-14(3,4)5/h12-13H,6-11H2,1-5H3/t12-,13-/m0/s1. The minimum atomic E-state index is 0.407. The van der Waals surface area contributed by atoms with Crippen molar-refractivity contribution in [3.63, 3.8) is 0 Å². The van der Waals surface area contributed by atoms with Crippen LogP contribution in [0.1, 0.15) is 53.9 Å². The fraction of sp³-hybridized carbons (Fsp3) is 1.00. The average molecular weight is 239 g/mol. The Kier molecular flexibility index (Phi) is 3.57. The minimum Gasteiger partial charge on any atom is -0.373 e. The van der Waals surface area contributed by atoms with Gasteiger partial charge in [0.15, 0.2) is 0 Å². The summed E-state index contributed by atoms with van der Waals surface area (Å²) in [5.74, 6) is 0. The van der Waals surface area contributed by atoms with Crippen LogP contribution < -0.4 is 0 Å². The van der Waals surface area contributed by atoms with Gasteiger partial charge in [-0.15, -0.1) is 0 Å². The lowest BCUT2D eigenvalue weighted by atomic mass is 9.82. The van der Waals surface area contributed by atoms with Gasteiger partial charge in [-0.25, -0.2) is 0 Å². The lowest BCUT2D eigenvalue weighted by Crippen LogP contribution is -2.47. The van der Waals surface area contributed by atoms with Crippen LogP contribution >= 0.6 is 0 Å². The van der Waals surface area contributed by atoms with Gasteiger partial charge >= 0.3 is 0 Å². The van der Waals surface area contributed by atoms with E-state index < -0.39 is 0 Å². The Morgan fingerprint density at radius 3 is 2.06 bits per heavy atom. The van der Waals surface area contributed by atoms with Crippen LogP contribution in [0.5, 0.6) is 0 Å². The van der Waals surface area contributed by atoms with Crippen molar-refractivity contribution in [2.75, 3.05) is 19.6 Å². The van der Waals surface area contributed by atoms with Crippen LogP contribution in [-0.4, -0.2) is 36.7 Å². The van der Waals surface area contributed by atoms with E-state index in [1.165, 1.54) is 25.8 Å². The van der Waals surface area contributed by atoms with Crippen molar-refractivity contribution >= 4 is 0 Å². The Morgan fingerprint density at radius 1 is 1.12 bits per heavy atom. The summed E-state index contributed by atoms with van der Waals surface area (Å²) < 4.78 is 5.81. The second kappa shape index (κ2) is 4.55. The van der Waals surface area contributed by atoms with E-state index >= 15 is 0 Å². The van der Waals surface area contributed by atoms with E-state index in [1.807, 2.05) is 0 Å². The van der Waals surface area contributed by atoms with Crippen molar-refractivity contribution in [3.05, 3.63) is 0 Å². The molecule has 2 nitrogen and oxygen atoms in total. The van der Waals surface area contributed by atoms with Gasteiger partial charge in [0.25, 0.3) is 0 Å². The van der Waals surface area contributed by atoms with Crippen LogP contribution in [-0.2, 0) is 4.74 Å². The van der Waals surface area contributed by atoms with Gasteiger partial charge in [-0.3, -0.25) is 4.90 Å². The first-order valence-electron chi connectivity index (χ1n) is 7.16. The molecule has 2 heteroatoms. The molecule has 0 radical (unpaired) electrons. The molecule has 0 aromatic carbocycles. The number of rotatable bonds is 3. The summed E-state index contributed by atoms with van der Waals surface area (Å²) in [7, 11) is 0. The summed E-state index contributed by atoms with van der Waals surface area (Å²) in [5.41, 5.74) is 1.11. The molecule has 0 unspecified atom stereocenters. The molecule has 17 heavy (non-hydrogen) atoms. The number of hydrogen-bond acceptors (Lipinski definition) is 2. The maximum absolute atomic E-state index is 5.81. The Balaban J connectivity index is 1.88. The van der Waals surface area contributed by atoms with Crippen LogP contribution in [0, 0.1) is 10.8 Å². The van der Waals surface area contributed by atoms with Crippen molar-refractivity contribution in [2.45, 2.75) is 66.1 Å². The van der Waals surface area contributed by atoms with Gasteiger partial charge in [-0.1, -0.05) is 20.8 Å². The molecule has 1 aliphatic carbocycles. The molecule has 2 rings (SSSR count). The molecule has 2 aliphatic rings. The summed E-state index contributed by atoms with van der Waals surface area (Å²) in [5, 5.41) is 0. The Hall–Kier alpha value is -0.0800. The minimum absolute atomic E-state index is 0.407. The quantitative estimate of drug-likeness (QED) is 0.749. The molecule has 0 aromatic heterocycles.